The lowest BCUT2D eigenvalue weighted by Gasteiger charge is -2.12. The summed E-state index contributed by atoms with van der Waals surface area (Å²) < 4.78 is 0. The van der Waals surface area contributed by atoms with Gasteiger partial charge in [0.15, 0.2) is 0 Å². The van der Waals surface area contributed by atoms with E-state index in [2.05, 4.69) is 17.2 Å². The summed E-state index contributed by atoms with van der Waals surface area (Å²) in [5, 5.41) is 4.08. The minimum Gasteiger partial charge on any atom is -0.360 e. The second-order valence-electron chi connectivity index (χ2n) is 5.30. The monoisotopic (exact) mass is 242 g/mol. The van der Waals surface area contributed by atoms with Crippen molar-refractivity contribution >= 4 is 16.8 Å². The minimum atomic E-state index is 0.0283. The van der Waals surface area contributed by atoms with Gasteiger partial charge in [0.2, 0.25) is 0 Å². The normalized spacial score (nSPS) is 16.7. The van der Waals surface area contributed by atoms with E-state index in [0.29, 0.717) is 0 Å². The standard InChI is InChI=1S/C15H18N2O/c1-10(8-11-6-7-11)17-15(18)13-9-16-14-5-3-2-4-12(13)14/h2-5,9-11,16H,6-8H2,1H3,(H,17,18). The number of hydrogen-bond donors (Lipinski definition) is 2. The van der Waals surface area contributed by atoms with Crippen LogP contribution in [0.2, 0.25) is 0 Å². The number of fused-ring (bicyclic) bond motifs is 1. The lowest BCUT2D eigenvalue weighted by atomic mass is 10.1. The summed E-state index contributed by atoms with van der Waals surface area (Å²) in [5.74, 6) is 0.865. The zero-order valence-electron chi connectivity index (χ0n) is 10.6. The molecule has 0 saturated heterocycles. The Labute approximate surface area is 107 Å². The highest BCUT2D eigenvalue weighted by Crippen LogP contribution is 2.33. The van der Waals surface area contributed by atoms with Gasteiger partial charge in [0.05, 0.1) is 5.56 Å². The van der Waals surface area contributed by atoms with Gasteiger partial charge < -0.3 is 10.3 Å². The van der Waals surface area contributed by atoms with E-state index < -0.39 is 0 Å². The van der Waals surface area contributed by atoms with Gasteiger partial charge in [-0.2, -0.15) is 0 Å². The third-order valence-electron chi connectivity index (χ3n) is 3.60. The van der Waals surface area contributed by atoms with E-state index in [-0.39, 0.29) is 11.9 Å². The molecule has 1 saturated carbocycles. The molecule has 1 amide bonds. The van der Waals surface area contributed by atoms with Crippen molar-refractivity contribution in [3.63, 3.8) is 0 Å². The van der Waals surface area contributed by atoms with Crippen LogP contribution in [0.4, 0.5) is 0 Å². The zero-order chi connectivity index (χ0) is 12.5. The Bertz CT molecular complexity index is 569. The summed E-state index contributed by atoms with van der Waals surface area (Å²) in [5.41, 5.74) is 1.76. The van der Waals surface area contributed by atoms with Crippen LogP contribution in [0, 0.1) is 5.92 Å². The van der Waals surface area contributed by atoms with Crippen molar-refractivity contribution in [1.29, 1.82) is 0 Å². The summed E-state index contributed by atoms with van der Waals surface area (Å²) in [4.78, 5) is 15.3. The summed E-state index contributed by atoms with van der Waals surface area (Å²) in [6, 6.07) is 8.15. The molecule has 1 aromatic carbocycles. The molecule has 0 radical (unpaired) electrons. The highest BCUT2D eigenvalue weighted by molar-refractivity contribution is 6.06. The summed E-state index contributed by atoms with van der Waals surface area (Å²) in [6.45, 7) is 2.09. The molecule has 3 heteroatoms. The molecule has 1 fully saturated rings. The van der Waals surface area contributed by atoms with Crippen LogP contribution in [-0.4, -0.2) is 16.9 Å². The molecule has 2 N–H and O–H groups in total. The van der Waals surface area contributed by atoms with E-state index in [1.165, 1.54) is 12.8 Å². The van der Waals surface area contributed by atoms with Crippen LogP contribution < -0.4 is 5.32 Å². The van der Waals surface area contributed by atoms with Crippen LogP contribution in [0.1, 0.15) is 36.5 Å². The van der Waals surface area contributed by atoms with Crippen LogP contribution in [0.25, 0.3) is 10.9 Å². The number of benzene rings is 1. The molecule has 3 rings (SSSR count). The van der Waals surface area contributed by atoms with Crippen molar-refractivity contribution in [3.8, 4) is 0 Å². The largest absolute Gasteiger partial charge is 0.360 e. The Hall–Kier alpha value is -1.77. The Morgan fingerprint density at radius 3 is 3.00 bits per heavy atom. The van der Waals surface area contributed by atoms with Crippen molar-refractivity contribution in [3.05, 3.63) is 36.0 Å². The average Bonchev–Trinajstić information content (AvgIpc) is 3.06. The molecule has 0 aliphatic heterocycles. The maximum Gasteiger partial charge on any atom is 0.253 e. The van der Waals surface area contributed by atoms with E-state index in [0.717, 1.165) is 28.8 Å². The van der Waals surface area contributed by atoms with Crippen molar-refractivity contribution in [2.24, 2.45) is 5.92 Å². The molecule has 3 nitrogen and oxygen atoms in total. The fourth-order valence-corrected chi connectivity index (χ4v) is 2.47. The molecule has 2 aromatic rings. The van der Waals surface area contributed by atoms with Gasteiger partial charge in [-0.25, -0.2) is 0 Å². The number of nitrogens with one attached hydrogen (secondary N) is 2. The Morgan fingerprint density at radius 2 is 2.22 bits per heavy atom. The second kappa shape index (κ2) is 4.48. The van der Waals surface area contributed by atoms with Crippen LogP contribution in [0.15, 0.2) is 30.5 Å². The van der Waals surface area contributed by atoms with Gasteiger partial charge in [-0.05, 0) is 25.3 Å². The van der Waals surface area contributed by atoms with Gasteiger partial charge in [0.25, 0.3) is 5.91 Å². The molecule has 18 heavy (non-hydrogen) atoms. The van der Waals surface area contributed by atoms with Gasteiger partial charge in [-0.1, -0.05) is 31.0 Å². The van der Waals surface area contributed by atoms with Crippen molar-refractivity contribution in [2.45, 2.75) is 32.2 Å². The van der Waals surface area contributed by atoms with Crippen molar-refractivity contribution < 1.29 is 4.79 Å². The first-order valence-electron chi connectivity index (χ1n) is 6.61. The fraction of sp³-hybridized carbons (Fsp3) is 0.400. The van der Waals surface area contributed by atoms with Crippen LogP contribution in [0.5, 0.6) is 0 Å². The number of carbonyl (C=O) groups excluding carboxylic acids is 1. The number of rotatable bonds is 4. The third-order valence-corrected chi connectivity index (χ3v) is 3.60. The average molecular weight is 242 g/mol. The lowest BCUT2D eigenvalue weighted by molar-refractivity contribution is 0.0939. The van der Waals surface area contributed by atoms with E-state index in [9.17, 15) is 4.79 Å². The van der Waals surface area contributed by atoms with E-state index >= 15 is 0 Å². The topological polar surface area (TPSA) is 44.9 Å². The van der Waals surface area contributed by atoms with Crippen LogP contribution in [-0.2, 0) is 0 Å². The summed E-state index contributed by atoms with van der Waals surface area (Å²) >= 11 is 0. The second-order valence-corrected chi connectivity index (χ2v) is 5.30. The Balaban J connectivity index is 1.74. The molecule has 1 aromatic heterocycles. The van der Waals surface area contributed by atoms with Gasteiger partial charge in [0, 0.05) is 23.1 Å². The van der Waals surface area contributed by atoms with Gasteiger partial charge in [-0.3, -0.25) is 4.79 Å². The van der Waals surface area contributed by atoms with Gasteiger partial charge in [-0.15, -0.1) is 0 Å². The van der Waals surface area contributed by atoms with Crippen LogP contribution in [0.3, 0.4) is 0 Å². The molecule has 1 aliphatic carbocycles. The Kier molecular flexibility index (Phi) is 2.82. The summed E-state index contributed by atoms with van der Waals surface area (Å²) in [7, 11) is 0. The van der Waals surface area contributed by atoms with E-state index in [1.807, 2.05) is 24.3 Å². The quantitative estimate of drug-likeness (QED) is 0.850. The van der Waals surface area contributed by atoms with Crippen LogP contribution >= 0.6 is 0 Å². The lowest BCUT2D eigenvalue weighted by Crippen LogP contribution is -2.32. The molecule has 1 atom stereocenters. The molecule has 1 heterocycles. The maximum atomic E-state index is 12.2. The molecular formula is C15H18N2O. The first kappa shape index (κ1) is 11.3. The highest BCUT2D eigenvalue weighted by Gasteiger charge is 2.24. The molecule has 0 spiro atoms. The molecule has 94 valence electrons. The SMILES string of the molecule is CC(CC1CC1)NC(=O)c1c[nH]c2ccccc12. The number of aromatic nitrogens is 1. The number of carbonyl (C=O) groups is 1. The van der Waals surface area contributed by atoms with E-state index in [1.54, 1.807) is 6.20 Å². The maximum absolute atomic E-state index is 12.2. The molecule has 1 unspecified atom stereocenters. The summed E-state index contributed by atoms with van der Waals surface area (Å²) in [6.07, 6.45) is 5.55. The van der Waals surface area contributed by atoms with Crippen molar-refractivity contribution in [1.82, 2.24) is 10.3 Å². The van der Waals surface area contributed by atoms with Gasteiger partial charge in [0.1, 0.15) is 0 Å². The van der Waals surface area contributed by atoms with Crippen molar-refractivity contribution in [2.75, 3.05) is 0 Å². The first-order chi connectivity index (χ1) is 8.74. The Morgan fingerprint density at radius 1 is 1.44 bits per heavy atom. The number of aromatic amines is 1. The predicted octanol–water partition coefficient (Wildman–Crippen LogP) is 3.09. The molecule has 0 bridgehead atoms. The predicted molar refractivity (Wildman–Crippen MR) is 72.6 cm³/mol. The molecule has 1 aliphatic rings. The number of amides is 1. The number of hydrogen-bond acceptors (Lipinski definition) is 1. The number of para-hydroxylation sites is 1. The minimum absolute atomic E-state index is 0.0283. The van der Waals surface area contributed by atoms with Gasteiger partial charge >= 0.3 is 0 Å². The number of H-pyrrole nitrogens is 1. The highest BCUT2D eigenvalue weighted by atomic mass is 16.1. The zero-order valence-corrected chi connectivity index (χ0v) is 10.6. The molecular weight excluding hydrogens is 224 g/mol. The van der Waals surface area contributed by atoms with E-state index in [4.69, 9.17) is 0 Å². The third kappa shape index (κ3) is 2.26. The first-order valence-corrected chi connectivity index (χ1v) is 6.61. The fourth-order valence-electron chi connectivity index (χ4n) is 2.47. The smallest absolute Gasteiger partial charge is 0.253 e.